The van der Waals surface area contributed by atoms with Crippen LogP contribution in [0.4, 0.5) is 4.79 Å². The molecular weight excluding hydrogens is 438 g/mol. The van der Waals surface area contributed by atoms with E-state index in [1.165, 1.54) is 0 Å². The van der Waals surface area contributed by atoms with Gasteiger partial charge in [-0.1, -0.05) is 6.92 Å². The molecule has 0 aromatic carbocycles. The Morgan fingerprint density at radius 2 is 1.50 bits per heavy atom. The summed E-state index contributed by atoms with van der Waals surface area (Å²) in [6, 6.07) is 0.100. The molecule has 9 heteroatoms. The first kappa shape index (κ1) is 30.2. The fraction of sp³-hybridized carbons (Fsp3) is 0.880. The van der Waals surface area contributed by atoms with Crippen molar-refractivity contribution in [2.45, 2.75) is 91.3 Å². The van der Waals surface area contributed by atoms with Crippen molar-refractivity contribution in [2.24, 2.45) is 0 Å². The largest absolute Gasteiger partial charge is 0.444 e. The van der Waals surface area contributed by atoms with Crippen LogP contribution in [0.15, 0.2) is 0 Å². The van der Waals surface area contributed by atoms with E-state index in [9.17, 15) is 14.4 Å². The first-order valence-corrected chi connectivity index (χ1v) is 12.6. The zero-order chi connectivity index (χ0) is 25.7. The molecule has 0 N–H and O–H groups in total. The number of rotatable bonds is 13. The van der Waals surface area contributed by atoms with E-state index in [1.807, 2.05) is 39.5 Å². The molecule has 0 aromatic rings. The Kier molecular flexibility index (Phi) is 13.5. The maximum absolute atomic E-state index is 13.1. The molecular formula is C25H47N3O6. The van der Waals surface area contributed by atoms with Gasteiger partial charge in [0, 0.05) is 58.2 Å². The van der Waals surface area contributed by atoms with Gasteiger partial charge >= 0.3 is 6.09 Å². The molecule has 0 saturated carbocycles. The minimum Gasteiger partial charge on any atom is -0.444 e. The van der Waals surface area contributed by atoms with E-state index in [-0.39, 0.29) is 42.8 Å². The van der Waals surface area contributed by atoms with Gasteiger partial charge in [-0.2, -0.15) is 0 Å². The highest BCUT2D eigenvalue weighted by Gasteiger charge is 2.31. The molecule has 1 saturated heterocycles. The van der Waals surface area contributed by atoms with E-state index < -0.39 is 5.60 Å². The summed E-state index contributed by atoms with van der Waals surface area (Å²) < 4.78 is 16.6. The summed E-state index contributed by atoms with van der Waals surface area (Å²) in [4.78, 5) is 43.1. The lowest BCUT2D eigenvalue weighted by Crippen LogP contribution is -2.50. The molecule has 198 valence electrons. The van der Waals surface area contributed by atoms with Crippen LogP contribution in [0.3, 0.4) is 0 Å². The van der Waals surface area contributed by atoms with Gasteiger partial charge in [0.15, 0.2) is 0 Å². The van der Waals surface area contributed by atoms with Crippen LogP contribution < -0.4 is 0 Å². The van der Waals surface area contributed by atoms with Gasteiger partial charge in [0.05, 0.1) is 19.8 Å². The minimum atomic E-state index is -0.538. The van der Waals surface area contributed by atoms with Gasteiger partial charge in [0.1, 0.15) is 5.60 Å². The number of hydrogen-bond acceptors (Lipinski definition) is 6. The Balaban J connectivity index is 2.65. The molecule has 0 unspecified atom stereocenters. The van der Waals surface area contributed by atoms with Crippen molar-refractivity contribution in [1.29, 1.82) is 0 Å². The number of carbonyl (C=O) groups excluding carboxylic acids is 3. The van der Waals surface area contributed by atoms with Crippen LogP contribution in [-0.2, 0) is 23.8 Å². The van der Waals surface area contributed by atoms with Gasteiger partial charge in [-0.15, -0.1) is 0 Å². The lowest BCUT2D eigenvalue weighted by atomic mass is 10.0. The fourth-order valence-corrected chi connectivity index (χ4v) is 3.65. The minimum absolute atomic E-state index is 0.00376. The third kappa shape index (κ3) is 11.5. The maximum atomic E-state index is 13.1. The number of nitrogens with zero attached hydrogens (tertiary/aromatic N) is 3. The van der Waals surface area contributed by atoms with Gasteiger partial charge in [0.25, 0.3) is 0 Å². The molecule has 0 spiro atoms. The molecule has 1 heterocycles. The average molecular weight is 486 g/mol. The molecule has 1 aliphatic rings. The second kappa shape index (κ2) is 15.2. The zero-order valence-electron chi connectivity index (χ0n) is 22.4. The molecule has 1 fully saturated rings. The Hall–Kier alpha value is -1.87. The van der Waals surface area contributed by atoms with Crippen molar-refractivity contribution in [2.75, 3.05) is 53.1 Å². The standard InChI is InChI=1S/C25H47N3O6/c1-8-16-32-18-19-33-17-15-28(23(30)10-9-22(29)26(7)20(2)3)21-11-13-27(14-12-21)24(31)34-25(4,5)6/h20-21H,8-19H2,1-7H3. The van der Waals surface area contributed by atoms with E-state index in [0.717, 1.165) is 6.42 Å². The van der Waals surface area contributed by atoms with E-state index in [4.69, 9.17) is 14.2 Å². The Bertz CT molecular complexity index is 627. The molecule has 1 rings (SSSR count). The van der Waals surface area contributed by atoms with Gasteiger partial charge in [-0.3, -0.25) is 9.59 Å². The lowest BCUT2D eigenvalue weighted by molar-refractivity contribution is -0.139. The first-order chi connectivity index (χ1) is 16.0. The number of piperidine rings is 1. The normalized spacial score (nSPS) is 14.9. The third-order valence-corrected chi connectivity index (χ3v) is 5.80. The Labute approximate surface area is 206 Å². The van der Waals surface area contributed by atoms with Gasteiger partial charge in [0.2, 0.25) is 11.8 Å². The summed E-state index contributed by atoms with van der Waals surface area (Å²) >= 11 is 0. The zero-order valence-corrected chi connectivity index (χ0v) is 22.4. The topological polar surface area (TPSA) is 88.6 Å². The summed E-state index contributed by atoms with van der Waals surface area (Å²) in [5.41, 5.74) is -0.538. The molecule has 0 aromatic heterocycles. The molecule has 0 bridgehead atoms. The average Bonchev–Trinajstić information content (AvgIpc) is 2.77. The smallest absolute Gasteiger partial charge is 0.410 e. The highest BCUT2D eigenvalue weighted by molar-refractivity contribution is 5.84. The van der Waals surface area contributed by atoms with Crippen LogP contribution in [0.5, 0.6) is 0 Å². The quantitative estimate of drug-likeness (QED) is 0.372. The van der Waals surface area contributed by atoms with Crippen LogP contribution >= 0.6 is 0 Å². The van der Waals surface area contributed by atoms with Crippen LogP contribution in [0, 0.1) is 0 Å². The molecule has 0 atom stereocenters. The van der Waals surface area contributed by atoms with Crippen molar-refractivity contribution in [3.63, 3.8) is 0 Å². The predicted octanol–water partition coefficient (Wildman–Crippen LogP) is 3.30. The number of carbonyl (C=O) groups is 3. The predicted molar refractivity (Wildman–Crippen MR) is 132 cm³/mol. The molecule has 3 amide bonds. The van der Waals surface area contributed by atoms with Crippen molar-refractivity contribution in [3.05, 3.63) is 0 Å². The van der Waals surface area contributed by atoms with Crippen LogP contribution in [0.2, 0.25) is 0 Å². The Morgan fingerprint density at radius 3 is 2.03 bits per heavy atom. The van der Waals surface area contributed by atoms with Crippen molar-refractivity contribution in [3.8, 4) is 0 Å². The van der Waals surface area contributed by atoms with E-state index in [1.54, 1.807) is 16.8 Å². The van der Waals surface area contributed by atoms with E-state index >= 15 is 0 Å². The van der Waals surface area contributed by atoms with Crippen molar-refractivity contribution >= 4 is 17.9 Å². The third-order valence-electron chi connectivity index (χ3n) is 5.80. The SMILES string of the molecule is CCCOCCOCCN(C(=O)CCC(=O)N(C)C(C)C)C1CCN(C(=O)OC(C)(C)C)CC1. The number of ether oxygens (including phenoxy) is 3. The summed E-state index contributed by atoms with van der Waals surface area (Å²) in [6.45, 7) is 15.2. The first-order valence-electron chi connectivity index (χ1n) is 12.6. The monoisotopic (exact) mass is 485 g/mol. The summed E-state index contributed by atoms with van der Waals surface area (Å²) in [7, 11) is 1.76. The number of amides is 3. The van der Waals surface area contributed by atoms with E-state index in [0.29, 0.717) is 58.9 Å². The van der Waals surface area contributed by atoms with Crippen molar-refractivity contribution in [1.82, 2.24) is 14.7 Å². The fourth-order valence-electron chi connectivity index (χ4n) is 3.65. The second-order valence-corrected chi connectivity index (χ2v) is 10.1. The number of hydrogen-bond donors (Lipinski definition) is 0. The summed E-state index contributed by atoms with van der Waals surface area (Å²) in [5, 5.41) is 0. The lowest BCUT2D eigenvalue weighted by Gasteiger charge is -2.39. The van der Waals surface area contributed by atoms with Gasteiger partial charge < -0.3 is 28.9 Å². The second-order valence-electron chi connectivity index (χ2n) is 10.1. The van der Waals surface area contributed by atoms with Crippen LogP contribution in [0.1, 0.15) is 73.6 Å². The molecule has 1 aliphatic heterocycles. The highest BCUT2D eigenvalue weighted by atomic mass is 16.6. The van der Waals surface area contributed by atoms with Gasteiger partial charge in [-0.05, 0) is 53.9 Å². The van der Waals surface area contributed by atoms with E-state index in [2.05, 4.69) is 6.92 Å². The van der Waals surface area contributed by atoms with Crippen molar-refractivity contribution < 1.29 is 28.6 Å². The molecule has 0 aliphatic carbocycles. The summed E-state index contributed by atoms with van der Waals surface area (Å²) in [6.07, 6.45) is 2.35. The molecule has 0 radical (unpaired) electrons. The number of likely N-dealkylation sites (tertiary alicyclic amines) is 1. The maximum Gasteiger partial charge on any atom is 0.410 e. The Morgan fingerprint density at radius 1 is 0.941 bits per heavy atom. The van der Waals surface area contributed by atoms with Crippen LogP contribution in [0.25, 0.3) is 0 Å². The summed E-state index contributed by atoms with van der Waals surface area (Å²) in [5.74, 6) is -0.0839. The van der Waals surface area contributed by atoms with Crippen LogP contribution in [-0.4, -0.2) is 103 Å². The molecule has 34 heavy (non-hydrogen) atoms. The molecule has 9 nitrogen and oxygen atoms in total. The van der Waals surface area contributed by atoms with Gasteiger partial charge in [-0.25, -0.2) is 4.79 Å². The highest BCUT2D eigenvalue weighted by Crippen LogP contribution is 2.20.